The van der Waals surface area contributed by atoms with Crippen LogP contribution in [-0.2, 0) is 6.54 Å². The van der Waals surface area contributed by atoms with Crippen LogP contribution in [0.5, 0.6) is 0 Å². The van der Waals surface area contributed by atoms with Crippen LogP contribution in [0.25, 0.3) is 0 Å². The fraction of sp³-hybridized carbons (Fsp3) is 0.312. The van der Waals surface area contributed by atoms with Gasteiger partial charge < -0.3 is 10.6 Å². The van der Waals surface area contributed by atoms with Crippen LogP contribution in [0.4, 0.5) is 10.2 Å². The minimum atomic E-state index is -0.263. The number of halogens is 1. The Bertz CT molecular complexity index is 683. The molecule has 0 saturated heterocycles. The molecule has 22 heavy (non-hydrogen) atoms. The van der Waals surface area contributed by atoms with Crippen molar-refractivity contribution in [3.63, 3.8) is 0 Å². The Morgan fingerprint density at radius 1 is 1.27 bits per heavy atom. The van der Waals surface area contributed by atoms with E-state index in [-0.39, 0.29) is 11.7 Å². The van der Waals surface area contributed by atoms with E-state index >= 15 is 0 Å². The predicted molar refractivity (Wildman–Crippen MR) is 81.0 cm³/mol. The Labute approximate surface area is 128 Å². The van der Waals surface area contributed by atoms with E-state index in [0.29, 0.717) is 29.9 Å². The van der Waals surface area contributed by atoms with Crippen molar-refractivity contribution >= 4 is 11.7 Å². The third kappa shape index (κ3) is 3.78. The van der Waals surface area contributed by atoms with Crippen molar-refractivity contribution in [1.82, 2.24) is 15.3 Å². The lowest BCUT2D eigenvalue weighted by Gasteiger charge is -2.09. The first-order valence-corrected chi connectivity index (χ1v) is 7.25. The van der Waals surface area contributed by atoms with Gasteiger partial charge in [-0.15, -0.1) is 0 Å². The van der Waals surface area contributed by atoms with Gasteiger partial charge in [0.25, 0.3) is 5.91 Å². The molecule has 0 bridgehead atoms. The van der Waals surface area contributed by atoms with Crippen LogP contribution >= 0.6 is 0 Å². The molecule has 2 N–H and O–H groups in total. The lowest BCUT2D eigenvalue weighted by molar-refractivity contribution is 0.0945. The van der Waals surface area contributed by atoms with Crippen molar-refractivity contribution in [2.75, 3.05) is 5.32 Å². The van der Waals surface area contributed by atoms with Crippen LogP contribution < -0.4 is 10.6 Å². The molecule has 3 rings (SSSR count). The van der Waals surface area contributed by atoms with Crippen molar-refractivity contribution in [3.05, 3.63) is 53.2 Å². The molecule has 1 aromatic heterocycles. The number of carbonyl (C=O) groups excluding carboxylic acids is 1. The van der Waals surface area contributed by atoms with Gasteiger partial charge in [-0.1, -0.05) is 12.1 Å². The van der Waals surface area contributed by atoms with E-state index in [4.69, 9.17) is 0 Å². The summed E-state index contributed by atoms with van der Waals surface area (Å²) in [4.78, 5) is 20.5. The maximum Gasteiger partial charge on any atom is 0.270 e. The summed E-state index contributed by atoms with van der Waals surface area (Å²) in [6.07, 6.45) is 2.07. The normalized spacial score (nSPS) is 13.7. The van der Waals surface area contributed by atoms with Gasteiger partial charge in [0, 0.05) is 18.7 Å². The lowest BCUT2D eigenvalue weighted by atomic mass is 10.2. The summed E-state index contributed by atoms with van der Waals surface area (Å²) in [5.41, 5.74) is 1.29. The molecule has 1 aliphatic rings. The number of nitrogens with zero attached hydrogens (tertiary/aromatic N) is 2. The van der Waals surface area contributed by atoms with Gasteiger partial charge in [-0.25, -0.2) is 14.4 Å². The Morgan fingerprint density at radius 2 is 2.00 bits per heavy atom. The molecule has 2 aromatic rings. The summed E-state index contributed by atoms with van der Waals surface area (Å²) in [6, 6.07) is 8.16. The van der Waals surface area contributed by atoms with E-state index in [2.05, 4.69) is 20.6 Å². The number of aromatic nitrogens is 2. The summed E-state index contributed by atoms with van der Waals surface area (Å²) in [5, 5.41) is 6.04. The highest BCUT2D eigenvalue weighted by Crippen LogP contribution is 2.19. The predicted octanol–water partition coefficient (Wildman–Crippen LogP) is 2.43. The topological polar surface area (TPSA) is 66.9 Å². The van der Waals surface area contributed by atoms with Gasteiger partial charge in [-0.05, 0) is 37.5 Å². The zero-order valence-corrected chi connectivity index (χ0v) is 12.3. The molecular weight excluding hydrogens is 283 g/mol. The van der Waals surface area contributed by atoms with Gasteiger partial charge in [-0.2, -0.15) is 0 Å². The molecule has 1 aromatic carbocycles. The van der Waals surface area contributed by atoms with E-state index in [1.54, 1.807) is 25.1 Å². The zero-order chi connectivity index (χ0) is 15.5. The highest BCUT2D eigenvalue weighted by molar-refractivity contribution is 5.93. The Kier molecular flexibility index (Phi) is 4.00. The molecule has 114 valence electrons. The molecule has 1 saturated carbocycles. The first-order valence-electron chi connectivity index (χ1n) is 7.25. The van der Waals surface area contributed by atoms with Crippen molar-refractivity contribution in [2.24, 2.45) is 0 Å². The second-order valence-corrected chi connectivity index (χ2v) is 5.41. The Morgan fingerprint density at radius 3 is 2.68 bits per heavy atom. The first kappa shape index (κ1) is 14.4. The number of nitrogens with one attached hydrogen (secondary N) is 2. The molecule has 0 unspecified atom stereocenters. The van der Waals surface area contributed by atoms with E-state index in [0.717, 1.165) is 18.4 Å². The molecule has 1 amide bonds. The van der Waals surface area contributed by atoms with Crippen molar-refractivity contribution in [1.29, 1.82) is 0 Å². The number of hydrogen-bond donors (Lipinski definition) is 2. The first-order chi connectivity index (χ1) is 10.6. The van der Waals surface area contributed by atoms with Gasteiger partial charge in [0.2, 0.25) is 0 Å². The third-order valence-electron chi connectivity index (χ3n) is 3.37. The van der Waals surface area contributed by atoms with Gasteiger partial charge >= 0.3 is 0 Å². The minimum Gasteiger partial charge on any atom is -0.366 e. The molecule has 5 nitrogen and oxygen atoms in total. The van der Waals surface area contributed by atoms with Crippen LogP contribution in [0.1, 0.15) is 34.7 Å². The molecule has 1 aliphatic carbocycles. The van der Waals surface area contributed by atoms with E-state index in [1.165, 1.54) is 12.1 Å². The van der Waals surface area contributed by atoms with Crippen LogP contribution in [-0.4, -0.2) is 21.9 Å². The molecule has 0 spiro atoms. The largest absolute Gasteiger partial charge is 0.366 e. The number of aryl methyl sites for hydroxylation is 1. The quantitative estimate of drug-likeness (QED) is 0.890. The maximum atomic E-state index is 12.9. The van der Waals surface area contributed by atoms with Crippen molar-refractivity contribution < 1.29 is 9.18 Å². The van der Waals surface area contributed by atoms with E-state index in [9.17, 15) is 9.18 Å². The highest BCUT2D eigenvalue weighted by Gasteiger charge is 2.24. The lowest BCUT2D eigenvalue weighted by Crippen LogP contribution is -2.26. The monoisotopic (exact) mass is 300 g/mol. The highest BCUT2D eigenvalue weighted by atomic mass is 19.1. The summed E-state index contributed by atoms with van der Waals surface area (Å²) in [5.74, 6) is 0.682. The summed E-state index contributed by atoms with van der Waals surface area (Å²) >= 11 is 0. The summed E-state index contributed by atoms with van der Waals surface area (Å²) in [6.45, 7) is 2.25. The molecular formula is C16H17FN4O. The van der Waals surface area contributed by atoms with Gasteiger partial charge in [-0.3, -0.25) is 4.79 Å². The van der Waals surface area contributed by atoms with E-state index < -0.39 is 0 Å². The molecule has 0 aliphatic heterocycles. The van der Waals surface area contributed by atoms with Crippen LogP contribution in [0.3, 0.4) is 0 Å². The number of anilines is 1. The summed E-state index contributed by atoms with van der Waals surface area (Å²) < 4.78 is 12.9. The Balaban J connectivity index is 1.68. The standard InChI is InChI=1S/C16H17FN4O/c1-10-19-14(16(22)21-13-6-7-13)8-15(20-10)18-9-11-2-4-12(17)5-3-11/h2-5,8,13H,6-7,9H2,1H3,(H,21,22)(H,18,19,20). The number of amides is 1. The molecule has 1 heterocycles. The SMILES string of the molecule is Cc1nc(NCc2ccc(F)cc2)cc(C(=O)NC2CC2)n1. The molecule has 0 atom stereocenters. The van der Waals surface area contributed by atoms with Crippen LogP contribution in [0, 0.1) is 12.7 Å². The van der Waals surface area contributed by atoms with Gasteiger partial charge in [0.1, 0.15) is 23.2 Å². The average molecular weight is 300 g/mol. The van der Waals surface area contributed by atoms with Crippen molar-refractivity contribution in [3.8, 4) is 0 Å². The molecule has 0 radical (unpaired) electrons. The smallest absolute Gasteiger partial charge is 0.270 e. The third-order valence-corrected chi connectivity index (χ3v) is 3.37. The molecule has 1 fully saturated rings. The second kappa shape index (κ2) is 6.09. The minimum absolute atomic E-state index is 0.169. The van der Waals surface area contributed by atoms with Crippen LogP contribution in [0.15, 0.2) is 30.3 Å². The summed E-state index contributed by atoms with van der Waals surface area (Å²) in [7, 11) is 0. The van der Waals surface area contributed by atoms with E-state index in [1.807, 2.05) is 0 Å². The zero-order valence-electron chi connectivity index (χ0n) is 12.3. The average Bonchev–Trinajstić information content (AvgIpc) is 3.30. The van der Waals surface area contributed by atoms with Gasteiger partial charge in [0.15, 0.2) is 0 Å². The fourth-order valence-corrected chi connectivity index (χ4v) is 2.06. The van der Waals surface area contributed by atoms with Gasteiger partial charge in [0.05, 0.1) is 0 Å². The molecule has 6 heteroatoms. The number of hydrogen-bond acceptors (Lipinski definition) is 4. The maximum absolute atomic E-state index is 12.9. The van der Waals surface area contributed by atoms with Crippen molar-refractivity contribution in [2.45, 2.75) is 32.4 Å². The van der Waals surface area contributed by atoms with Crippen LogP contribution in [0.2, 0.25) is 0 Å². The Hall–Kier alpha value is -2.50. The number of rotatable bonds is 5. The number of benzene rings is 1. The second-order valence-electron chi connectivity index (χ2n) is 5.41. The number of carbonyl (C=O) groups is 1. The fourth-order valence-electron chi connectivity index (χ4n) is 2.06.